The Kier molecular flexibility index (Phi) is 7.18. The van der Waals surface area contributed by atoms with Gasteiger partial charge in [-0.1, -0.05) is 12.1 Å². The Balaban J connectivity index is 1.41. The second-order valence-electron chi connectivity index (χ2n) is 8.91. The van der Waals surface area contributed by atoms with Crippen LogP contribution in [0.4, 0.5) is 0 Å². The summed E-state index contributed by atoms with van der Waals surface area (Å²) < 4.78 is 5.22. The molecule has 1 amide bonds. The number of carbonyl (C=O) groups is 1. The van der Waals surface area contributed by atoms with Gasteiger partial charge in [0, 0.05) is 17.8 Å². The molecule has 180 valence electrons. The van der Waals surface area contributed by atoms with Gasteiger partial charge in [-0.05, 0) is 73.6 Å². The number of aliphatic hydroxyl groups excluding tert-OH is 1. The zero-order valence-corrected chi connectivity index (χ0v) is 19.4. The number of hydrogen-bond donors (Lipinski definition) is 3. The van der Waals surface area contributed by atoms with Crippen molar-refractivity contribution in [1.29, 1.82) is 0 Å². The van der Waals surface area contributed by atoms with E-state index in [4.69, 9.17) is 4.74 Å². The SMILES string of the molecule is COc1cccc(CNC(=O)c2cc(-c3nnn(C[C@H]4CC[C@@](O)(CO)CC4)n3)cc(C)n2)c1. The summed E-state index contributed by atoms with van der Waals surface area (Å²) in [5, 5.41) is 35.2. The molecule has 34 heavy (non-hydrogen) atoms. The minimum atomic E-state index is -0.963. The average Bonchev–Trinajstić information content (AvgIpc) is 3.32. The van der Waals surface area contributed by atoms with Gasteiger partial charge in [0.25, 0.3) is 5.91 Å². The van der Waals surface area contributed by atoms with E-state index in [1.54, 1.807) is 18.0 Å². The minimum absolute atomic E-state index is 0.206. The number of ether oxygens (including phenoxy) is 1. The summed E-state index contributed by atoms with van der Waals surface area (Å²) in [6.07, 6.45) is 2.71. The number of aromatic nitrogens is 5. The maximum atomic E-state index is 12.7. The molecule has 0 saturated heterocycles. The van der Waals surface area contributed by atoms with Crippen molar-refractivity contribution in [3.8, 4) is 17.1 Å². The lowest BCUT2D eigenvalue weighted by Crippen LogP contribution is -2.38. The molecule has 1 aliphatic rings. The van der Waals surface area contributed by atoms with Crippen molar-refractivity contribution in [1.82, 2.24) is 30.5 Å². The number of rotatable bonds is 8. The van der Waals surface area contributed by atoms with E-state index in [1.807, 2.05) is 37.3 Å². The number of pyridine rings is 1. The van der Waals surface area contributed by atoms with Crippen molar-refractivity contribution < 1.29 is 19.7 Å². The molecule has 4 rings (SSSR count). The highest BCUT2D eigenvalue weighted by Gasteiger charge is 2.32. The molecule has 0 atom stereocenters. The zero-order chi connectivity index (χ0) is 24.1. The Morgan fingerprint density at radius 2 is 2.06 bits per heavy atom. The van der Waals surface area contributed by atoms with Gasteiger partial charge < -0.3 is 20.3 Å². The van der Waals surface area contributed by atoms with E-state index in [-0.39, 0.29) is 18.2 Å². The molecule has 2 aromatic heterocycles. The maximum Gasteiger partial charge on any atom is 0.270 e. The third-order valence-corrected chi connectivity index (χ3v) is 6.24. The Labute approximate surface area is 198 Å². The monoisotopic (exact) mass is 466 g/mol. The van der Waals surface area contributed by atoms with Gasteiger partial charge in [-0.25, -0.2) is 4.98 Å². The van der Waals surface area contributed by atoms with Gasteiger partial charge in [0.1, 0.15) is 11.4 Å². The number of nitrogens with one attached hydrogen (secondary N) is 1. The summed E-state index contributed by atoms with van der Waals surface area (Å²) >= 11 is 0. The number of benzene rings is 1. The molecular formula is C24H30N6O4. The molecule has 0 spiro atoms. The lowest BCUT2D eigenvalue weighted by molar-refractivity contribution is -0.0535. The number of aliphatic hydroxyl groups is 2. The molecule has 10 nitrogen and oxygen atoms in total. The second kappa shape index (κ2) is 10.3. The summed E-state index contributed by atoms with van der Waals surface area (Å²) in [6, 6.07) is 11.0. The highest BCUT2D eigenvalue weighted by Crippen LogP contribution is 2.32. The van der Waals surface area contributed by atoms with Crippen LogP contribution in [0, 0.1) is 12.8 Å². The van der Waals surface area contributed by atoms with Gasteiger partial charge in [0.15, 0.2) is 0 Å². The van der Waals surface area contributed by atoms with Crippen LogP contribution in [0.15, 0.2) is 36.4 Å². The number of carbonyl (C=O) groups excluding carboxylic acids is 1. The molecule has 1 aromatic carbocycles. The summed E-state index contributed by atoms with van der Waals surface area (Å²) in [4.78, 5) is 18.7. The van der Waals surface area contributed by atoms with Crippen LogP contribution in [-0.4, -0.2) is 60.6 Å². The topological polar surface area (TPSA) is 135 Å². The molecule has 1 saturated carbocycles. The van der Waals surface area contributed by atoms with Crippen LogP contribution in [0.5, 0.6) is 5.75 Å². The molecule has 0 bridgehead atoms. The molecule has 10 heteroatoms. The Hall–Kier alpha value is -3.37. The normalized spacial score (nSPS) is 20.2. The highest BCUT2D eigenvalue weighted by atomic mass is 16.5. The summed E-state index contributed by atoms with van der Waals surface area (Å²) in [5.74, 6) is 1.17. The maximum absolute atomic E-state index is 12.7. The van der Waals surface area contributed by atoms with Gasteiger partial charge in [-0.3, -0.25) is 4.79 Å². The van der Waals surface area contributed by atoms with E-state index in [9.17, 15) is 15.0 Å². The van der Waals surface area contributed by atoms with Crippen LogP contribution < -0.4 is 10.1 Å². The number of tetrazole rings is 1. The molecular weight excluding hydrogens is 436 g/mol. The fourth-order valence-electron chi connectivity index (χ4n) is 4.19. The van der Waals surface area contributed by atoms with Crippen molar-refractivity contribution in [2.75, 3.05) is 13.7 Å². The Morgan fingerprint density at radius 3 is 2.79 bits per heavy atom. The fraction of sp³-hybridized carbons (Fsp3) is 0.458. The first-order chi connectivity index (χ1) is 16.4. The molecule has 1 aliphatic carbocycles. The van der Waals surface area contributed by atoms with Crippen LogP contribution in [0.3, 0.4) is 0 Å². The smallest absolute Gasteiger partial charge is 0.270 e. The first-order valence-electron chi connectivity index (χ1n) is 11.4. The van der Waals surface area contributed by atoms with E-state index >= 15 is 0 Å². The molecule has 0 aliphatic heterocycles. The van der Waals surface area contributed by atoms with E-state index in [2.05, 4.69) is 25.7 Å². The minimum Gasteiger partial charge on any atom is -0.497 e. The molecule has 2 heterocycles. The fourth-order valence-corrected chi connectivity index (χ4v) is 4.19. The second-order valence-corrected chi connectivity index (χ2v) is 8.91. The molecule has 3 aromatic rings. The molecule has 0 radical (unpaired) electrons. The molecule has 0 unspecified atom stereocenters. The van der Waals surface area contributed by atoms with E-state index < -0.39 is 5.60 Å². The Morgan fingerprint density at radius 1 is 1.26 bits per heavy atom. The number of methoxy groups -OCH3 is 1. The highest BCUT2D eigenvalue weighted by molar-refractivity contribution is 5.93. The van der Waals surface area contributed by atoms with Gasteiger partial charge in [0.2, 0.25) is 5.82 Å². The van der Waals surface area contributed by atoms with Crippen LogP contribution in [0.25, 0.3) is 11.4 Å². The molecule has 1 fully saturated rings. The zero-order valence-electron chi connectivity index (χ0n) is 19.4. The first kappa shape index (κ1) is 23.8. The first-order valence-corrected chi connectivity index (χ1v) is 11.4. The van der Waals surface area contributed by atoms with Gasteiger partial charge in [-0.2, -0.15) is 4.80 Å². The van der Waals surface area contributed by atoms with Crippen LogP contribution in [-0.2, 0) is 13.1 Å². The van der Waals surface area contributed by atoms with Crippen molar-refractivity contribution in [2.24, 2.45) is 5.92 Å². The average molecular weight is 467 g/mol. The van der Waals surface area contributed by atoms with E-state index in [1.165, 1.54) is 0 Å². The number of hydrogen-bond acceptors (Lipinski definition) is 8. The number of nitrogens with zero attached hydrogens (tertiary/aromatic N) is 5. The van der Waals surface area contributed by atoms with E-state index in [0.717, 1.165) is 24.2 Å². The predicted octanol–water partition coefficient (Wildman–Crippen LogP) is 1.90. The third kappa shape index (κ3) is 5.75. The number of aryl methyl sites for hydroxylation is 1. The predicted molar refractivity (Wildman–Crippen MR) is 124 cm³/mol. The van der Waals surface area contributed by atoms with Crippen LogP contribution in [0.2, 0.25) is 0 Å². The van der Waals surface area contributed by atoms with Crippen molar-refractivity contribution in [2.45, 2.75) is 51.3 Å². The third-order valence-electron chi connectivity index (χ3n) is 6.24. The van der Waals surface area contributed by atoms with Gasteiger partial charge in [0.05, 0.1) is 25.9 Å². The summed E-state index contributed by atoms with van der Waals surface area (Å²) in [6.45, 7) is 2.55. The van der Waals surface area contributed by atoms with Crippen molar-refractivity contribution in [3.63, 3.8) is 0 Å². The van der Waals surface area contributed by atoms with Crippen molar-refractivity contribution in [3.05, 3.63) is 53.3 Å². The van der Waals surface area contributed by atoms with Crippen molar-refractivity contribution >= 4 is 5.91 Å². The largest absolute Gasteiger partial charge is 0.497 e. The lowest BCUT2D eigenvalue weighted by Gasteiger charge is -2.34. The summed E-state index contributed by atoms with van der Waals surface area (Å²) in [5.41, 5.74) is 1.59. The molecule has 3 N–H and O–H groups in total. The van der Waals surface area contributed by atoms with Gasteiger partial charge in [-0.15, -0.1) is 10.2 Å². The number of amides is 1. The van der Waals surface area contributed by atoms with Gasteiger partial charge >= 0.3 is 0 Å². The lowest BCUT2D eigenvalue weighted by atomic mass is 9.79. The van der Waals surface area contributed by atoms with E-state index in [0.29, 0.717) is 48.9 Å². The quantitative estimate of drug-likeness (QED) is 0.458. The van der Waals surface area contributed by atoms with Crippen LogP contribution in [0.1, 0.15) is 47.4 Å². The van der Waals surface area contributed by atoms with Crippen LogP contribution >= 0.6 is 0 Å². The standard InChI is InChI=1S/C24H30N6O4/c1-16-10-19(12-21(26-16)23(32)25-13-18-4-3-5-20(11-18)34-2)22-27-29-30(28-22)14-17-6-8-24(33,15-31)9-7-17/h3-5,10-12,17,31,33H,6-9,13-15H2,1-2H3,(H,25,32)/t17-,24-. The Bertz CT molecular complexity index is 1140. The summed E-state index contributed by atoms with van der Waals surface area (Å²) in [7, 11) is 1.60.